The highest BCUT2D eigenvalue weighted by molar-refractivity contribution is 5.71. The first-order chi connectivity index (χ1) is 22.8. The minimum Gasteiger partial charge on any atom is -0.193 e. The van der Waals surface area contributed by atoms with Crippen LogP contribution in [0.5, 0.6) is 0 Å². The zero-order chi connectivity index (χ0) is 30.6. The molecule has 2 aliphatic rings. The molecule has 3 heteroatoms. The number of hydrogen-bond donors (Lipinski definition) is 0. The van der Waals surface area contributed by atoms with E-state index in [0.717, 1.165) is 6.54 Å². The predicted octanol–water partition coefficient (Wildman–Crippen LogP) is 8.08. The molecule has 2 unspecified atom stereocenters. The molecule has 3 nitrogen and oxygen atoms in total. The van der Waals surface area contributed by atoms with Gasteiger partial charge in [-0.1, -0.05) is 84.9 Å². The number of rotatable bonds is 1. The van der Waals surface area contributed by atoms with Gasteiger partial charge in [0, 0.05) is 52.6 Å². The summed E-state index contributed by atoms with van der Waals surface area (Å²) in [4.78, 5) is 0. The lowest BCUT2D eigenvalue weighted by Gasteiger charge is -2.28. The highest BCUT2D eigenvalue weighted by Gasteiger charge is 2.49. The maximum atomic E-state index is 2.53. The molecule has 0 radical (unpaired) electrons. The van der Waals surface area contributed by atoms with E-state index < -0.39 is 0 Å². The molecule has 0 saturated heterocycles. The maximum Gasteiger partial charge on any atom is 0.250 e. The number of pyridine rings is 3. The van der Waals surface area contributed by atoms with Gasteiger partial charge in [0.15, 0.2) is 25.1 Å². The minimum absolute atomic E-state index is 0.0151. The zero-order valence-corrected chi connectivity index (χ0v) is 25.8. The molecule has 4 aromatic carbocycles. The Balaban J connectivity index is 1.43. The number of aromatic nitrogens is 3. The summed E-state index contributed by atoms with van der Waals surface area (Å²) < 4.78 is 7.52. The van der Waals surface area contributed by atoms with E-state index in [1.54, 1.807) is 0 Å². The van der Waals surface area contributed by atoms with E-state index in [2.05, 4.69) is 185 Å². The van der Waals surface area contributed by atoms with Crippen LogP contribution in [0.2, 0.25) is 0 Å². The second-order valence-corrected chi connectivity index (χ2v) is 12.5. The van der Waals surface area contributed by atoms with Crippen molar-refractivity contribution in [2.75, 3.05) is 0 Å². The summed E-state index contributed by atoms with van der Waals surface area (Å²) >= 11 is 0. The summed E-state index contributed by atoms with van der Waals surface area (Å²) in [7, 11) is 0. The third-order valence-corrected chi connectivity index (χ3v) is 9.88. The Morgan fingerprint density at radius 3 is 1.67 bits per heavy atom. The minimum atomic E-state index is 0.0151. The lowest BCUT2D eigenvalue weighted by atomic mass is 9.82. The van der Waals surface area contributed by atoms with Gasteiger partial charge in [-0.25, -0.2) is 0 Å². The van der Waals surface area contributed by atoms with Crippen LogP contribution in [0.4, 0.5) is 0 Å². The topological polar surface area (TPSA) is 11.6 Å². The Kier molecular flexibility index (Phi) is 6.24. The molecule has 0 fully saturated rings. The fraction of sp³-hybridized carbons (Fsp3) is 0.0930. The third kappa shape index (κ3) is 4.16. The van der Waals surface area contributed by atoms with Crippen molar-refractivity contribution in [3.63, 3.8) is 0 Å². The summed E-state index contributed by atoms with van der Waals surface area (Å²) in [5, 5.41) is 0. The van der Waals surface area contributed by atoms with Gasteiger partial charge in [0.05, 0.1) is 16.7 Å². The highest BCUT2D eigenvalue weighted by atomic mass is 15.1. The van der Waals surface area contributed by atoms with Crippen LogP contribution in [-0.2, 0) is 6.54 Å². The second-order valence-electron chi connectivity index (χ2n) is 12.5. The van der Waals surface area contributed by atoms with Crippen molar-refractivity contribution >= 4 is 0 Å². The van der Waals surface area contributed by atoms with Crippen LogP contribution in [0, 0.1) is 6.92 Å². The lowest BCUT2D eigenvalue weighted by Crippen LogP contribution is -2.57. The predicted molar refractivity (Wildman–Crippen MR) is 182 cm³/mol. The van der Waals surface area contributed by atoms with Gasteiger partial charge in [0.25, 0.3) is 0 Å². The van der Waals surface area contributed by atoms with Crippen LogP contribution in [0.15, 0.2) is 164 Å². The average molecular weight is 593 g/mol. The number of benzene rings is 4. The zero-order valence-electron chi connectivity index (χ0n) is 25.8. The number of nitrogens with zero attached hydrogens (tertiary/aromatic N) is 3. The van der Waals surface area contributed by atoms with Gasteiger partial charge in [-0.2, -0.15) is 13.7 Å². The molecule has 46 heavy (non-hydrogen) atoms. The molecular weight excluding hydrogens is 558 g/mol. The van der Waals surface area contributed by atoms with Crippen molar-refractivity contribution < 1.29 is 13.7 Å². The van der Waals surface area contributed by atoms with E-state index in [9.17, 15) is 0 Å². The van der Waals surface area contributed by atoms with Crippen molar-refractivity contribution in [2.24, 2.45) is 0 Å². The summed E-state index contributed by atoms with van der Waals surface area (Å²) in [5.74, 6) is 0. The number of aryl methyl sites for hydroxylation is 1. The quantitative estimate of drug-likeness (QED) is 0.171. The van der Waals surface area contributed by atoms with Crippen molar-refractivity contribution in [3.05, 3.63) is 186 Å². The lowest BCUT2D eigenvalue weighted by molar-refractivity contribution is -0.796. The Morgan fingerprint density at radius 1 is 0.478 bits per heavy atom. The molecule has 0 bridgehead atoms. The Hall–Kier alpha value is -5.67. The van der Waals surface area contributed by atoms with Crippen molar-refractivity contribution in [2.45, 2.75) is 25.6 Å². The average Bonchev–Trinajstić information content (AvgIpc) is 3.13. The van der Waals surface area contributed by atoms with Gasteiger partial charge in [-0.3, -0.25) is 0 Å². The molecule has 0 aliphatic carbocycles. The van der Waals surface area contributed by atoms with Gasteiger partial charge in [0.1, 0.15) is 0 Å². The summed E-state index contributed by atoms with van der Waals surface area (Å²) in [6, 6.07) is 53.5. The van der Waals surface area contributed by atoms with Crippen LogP contribution in [0.25, 0.3) is 44.9 Å². The first-order valence-corrected chi connectivity index (χ1v) is 16.1. The van der Waals surface area contributed by atoms with Gasteiger partial charge >= 0.3 is 0 Å². The van der Waals surface area contributed by atoms with Crippen LogP contribution in [0.1, 0.15) is 34.3 Å². The van der Waals surface area contributed by atoms with Crippen LogP contribution in [0.3, 0.4) is 0 Å². The van der Waals surface area contributed by atoms with Gasteiger partial charge < -0.3 is 0 Å². The molecule has 0 saturated carbocycles. The molecule has 218 valence electrons. The number of fused-ring (bicyclic) bond motifs is 14. The molecule has 0 N–H and O–H groups in total. The molecule has 5 heterocycles. The van der Waals surface area contributed by atoms with E-state index in [1.165, 1.54) is 67.2 Å². The number of hydrogen-bond acceptors (Lipinski definition) is 0. The van der Waals surface area contributed by atoms with E-state index >= 15 is 0 Å². The van der Waals surface area contributed by atoms with Gasteiger partial charge in [-0.05, 0) is 48.4 Å². The van der Waals surface area contributed by atoms with Crippen LogP contribution < -0.4 is 13.7 Å². The summed E-state index contributed by atoms with van der Waals surface area (Å²) in [6.45, 7) is 3.00. The molecule has 2 atom stereocenters. The first-order valence-electron chi connectivity index (χ1n) is 16.1. The first kappa shape index (κ1) is 26.7. The van der Waals surface area contributed by atoms with Crippen molar-refractivity contribution in [1.29, 1.82) is 0 Å². The summed E-state index contributed by atoms with van der Waals surface area (Å²) in [6.07, 6.45) is 6.93. The molecule has 0 amide bonds. The summed E-state index contributed by atoms with van der Waals surface area (Å²) in [5.41, 5.74) is 15.2. The van der Waals surface area contributed by atoms with Crippen LogP contribution >= 0.6 is 0 Å². The van der Waals surface area contributed by atoms with E-state index in [1.807, 2.05) is 0 Å². The van der Waals surface area contributed by atoms with Crippen LogP contribution in [-0.4, -0.2) is 0 Å². The molecule has 0 spiro atoms. The molecule has 9 rings (SSSR count). The van der Waals surface area contributed by atoms with Crippen molar-refractivity contribution in [3.8, 4) is 44.9 Å². The Morgan fingerprint density at radius 2 is 1.00 bits per heavy atom. The van der Waals surface area contributed by atoms with Gasteiger partial charge in [-0.15, -0.1) is 0 Å². The van der Waals surface area contributed by atoms with Gasteiger partial charge in [0.2, 0.25) is 29.2 Å². The SMILES string of the molecule is Cc1cc2[n+](cc1-c1ccccc1)Cc1ccccc1-c1cccc[n+]1C1c3ccccc3-c3cccc[n+]3C1c1ccccc1-2. The maximum absolute atomic E-state index is 2.53. The molecule has 2 aliphatic heterocycles. The fourth-order valence-electron chi connectivity index (χ4n) is 7.84. The van der Waals surface area contributed by atoms with E-state index in [0.29, 0.717) is 0 Å². The third-order valence-electron chi connectivity index (χ3n) is 9.88. The smallest absolute Gasteiger partial charge is 0.193 e. The Labute approximate surface area is 270 Å². The molecule has 3 aromatic heterocycles. The normalized spacial score (nSPS) is 15.8. The van der Waals surface area contributed by atoms with E-state index in [-0.39, 0.29) is 12.1 Å². The monoisotopic (exact) mass is 592 g/mol. The Bertz CT molecular complexity index is 2270. The highest BCUT2D eigenvalue weighted by Crippen LogP contribution is 2.43. The largest absolute Gasteiger partial charge is 0.250 e. The fourth-order valence-corrected chi connectivity index (χ4v) is 7.84. The molecular formula is C43H34N3+3. The molecule has 7 aromatic rings. The van der Waals surface area contributed by atoms with E-state index in [4.69, 9.17) is 0 Å². The van der Waals surface area contributed by atoms with Crippen molar-refractivity contribution in [1.82, 2.24) is 0 Å². The second kappa shape index (κ2) is 10.7. The standard InChI is InChI=1S/C43H34N3/c1-30-27-41-35-20-8-10-22-37(35)43-42(36-21-9-7-19-34(36)40-24-12-14-26-46(40)43)45-25-13-11-23-39(45)33-18-6-5-17-32(33)28-44(41)29-38(30)31-15-3-2-4-16-31/h2-27,29,42-43H,28H2,1H3/q+3.